The predicted octanol–water partition coefficient (Wildman–Crippen LogP) is 4.14. The number of aromatic nitrogens is 2. The summed E-state index contributed by atoms with van der Waals surface area (Å²) in [5, 5.41) is 7.29. The second-order valence-electron chi connectivity index (χ2n) is 6.11. The minimum absolute atomic E-state index is 0.0606. The van der Waals surface area contributed by atoms with Crippen LogP contribution in [0.3, 0.4) is 0 Å². The first kappa shape index (κ1) is 17.0. The fourth-order valence-corrected chi connectivity index (χ4v) is 2.66. The standard InChI is InChI=1S/C21H23N3O/c1-2-3-7-17-10-12-19(13-11-17)21(25)22-14-18-15-23-24(16-18)20-8-5-4-6-9-20/h4-6,8-13,15-16H,2-3,7,14H2,1H3,(H,22,25). The van der Waals surface area contributed by atoms with Crippen molar-refractivity contribution in [2.24, 2.45) is 0 Å². The van der Waals surface area contributed by atoms with Crippen LogP contribution in [0, 0.1) is 0 Å². The number of hydrogen-bond acceptors (Lipinski definition) is 2. The smallest absolute Gasteiger partial charge is 0.251 e. The molecule has 0 aliphatic carbocycles. The number of unbranched alkanes of at least 4 members (excludes halogenated alkanes) is 1. The van der Waals surface area contributed by atoms with E-state index in [1.807, 2.05) is 65.5 Å². The Bertz CT molecular complexity index is 807. The van der Waals surface area contributed by atoms with Gasteiger partial charge in [-0.3, -0.25) is 4.79 Å². The number of hydrogen-bond donors (Lipinski definition) is 1. The third-order valence-corrected chi connectivity index (χ3v) is 4.15. The lowest BCUT2D eigenvalue weighted by Crippen LogP contribution is -2.22. The van der Waals surface area contributed by atoms with E-state index >= 15 is 0 Å². The van der Waals surface area contributed by atoms with Gasteiger partial charge in [0.25, 0.3) is 5.91 Å². The monoisotopic (exact) mass is 333 g/mol. The lowest BCUT2D eigenvalue weighted by Gasteiger charge is -2.05. The van der Waals surface area contributed by atoms with Crippen molar-refractivity contribution in [3.63, 3.8) is 0 Å². The van der Waals surface area contributed by atoms with E-state index in [9.17, 15) is 4.79 Å². The van der Waals surface area contributed by atoms with Crippen molar-refractivity contribution >= 4 is 5.91 Å². The second-order valence-corrected chi connectivity index (χ2v) is 6.11. The van der Waals surface area contributed by atoms with Crippen LogP contribution in [0.2, 0.25) is 0 Å². The first-order valence-corrected chi connectivity index (χ1v) is 8.72. The van der Waals surface area contributed by atoms with Gasteiger partial charge in [-0.25, -0.2) is 4.68 Å². The molecular weight excluding hydrogens is 310 g/mol. The van der Waals surface area contributed by atoms with Crippen LogP contribution >= 0.6 is 0 Å². The van der Waals surface area contributed by atoms with Gasteiger partial charge in [0.2, 0.25) is 0 Å². The molecule has 2 aromatic carbocycles. The molecule has 4 heteroatoms. The minimum atomic E-state index is -0.0606. The summed E-state index contributed by atoms with van der Waals surface area (Å²) >= 11 is 0. The highest BCUT2D eigenvalue weighted by atomic mass is 16.1. The number of rotatable bonds is 7. The molecule has 0 radical (unpaired) electrons. The first-order chi connectivity index (χ1) is 12.3. The second kappa shape index (κ2) is 8.29. The molecule has 0 saturated heterocycles. The van der Waals surface area contributed by atoms with Crippen molar-refractivity contribution < 1.29 is 4.79 Å². The van der Waals surface area contributed by atoms with E-state index in [2.05, 4.69) is 17.3 Å². The zero-order valence-corrected chi connectivity index (χ0v) is 14.5. The fraction of sp³-hybridized carbons (Fsp3) is 0.238. The Kier molecular flexibility index (Phi) is 5.62. The number of para-hydroxylation sites is 1. The summed E-state index contributed by atoms with van der Waals surface area (Å²) in [6.07, 6.45) is 7.14. The molecule has 25 heavy (non-hydrogen) atoms. The van der Waals surface area contributed by atoms with E-state index in [0.717, 1.165) is 17.7 Å². The molecule has 3 rings (SSSR count). The van der Waals surface area contributed by atoms with Crippen LogP contribution in [0.25, 0.3) is 5.69 Å². The van der Waals surface area contributed by atoms with Crippen LogP contribution in [0.1, 0.15) is 41.3 Å². The maximum Gasteiger partial charge on any atom is 0.251 e. The molecule has 3 aromatic rings. The summed E-state index contributed by atoms with van der Waals surface area (Å²) in [6, 6.07) is 17.8. The highest BCUT2D eigenvalue weighted by Gasteiger charge is 2.07. The van der Waals surface area contributed by atoms with Gasteiger partial charge in [0.15, 0.2) is 0 Å². The molecule has 1 N–H and O–H groups in total. The fourth-order valence-electron chi connectivity index (χ4n) is 2.66. The zero-order chi connectivity index (χ0) is 17.5. The van der Waals surface area contributed by atoms with Crippen LogP contribution in [-0.4, -0.2) is 15.7 Å². The Hall–Kier alpha value is -2.88. The van der Waals surface area contributed by atoms with Crippen molar-refractivity contribution in [2.75, 3.05) is 0 Å². The number of nitrogens with one attached hydrogen (secondary N) is 1. The summed E-state index contributed by atoms with van der Waals surface area (Å²) in [7, 11) is 0. The Morgan fingerprint density at radius 3 is 2.52 bits per heavy atom. The van der Waals surface area contributed by atoms with Crippen molar-refractivity contribution in [1.82, 2.24) is 15.1 Å². The maximum atomic E-state index is 12.3. The molecule has 0 unspecified atom stereocenters. The van der Waals surface area contributed by atoms with E-state index < -0.39 is 0 Å². The largest absolute Gasteiger partial charge is 0.348 e. The summed E-state index contributed by atoms with van der Waals surface area (Å²) in [5.41, 5.74) is 3.94. The number of benzene rings is 2. The molecule has 4 nitrogen and oxygen atoms in total. The average molecular weight is 333 g/mol. The quantitative estimate of drug-likeness (QED) is 0.706. The minimum Gasteiger partial charge on any atom is -0.348 e. The molecule has 0 aliphatic heterocycles. The Labute approximate surface area is 148 Å². The van der Waals surface area contributed by atoms with E-state index in [1.165, 1.54) is 18.4 Å². The van der Waals surface area contributed by atoms with Gasteiger partial charge in [0, 0.05) is 23.9 Å². The molecule has 0 spiro atoms. The van der Waals surface area contributed by atoms with Crippen LogP contribution in [0.4, 0.5) is 0 Å². The van der Waals surface area contributed by atoms with E-state index in [4.69, 9.17) is 0 Å². The SMILES string of the molecule is CCCCc1ccc(C(=O)NCc2cnn(-c3ccccc3)c2)cc1. The highest BCUT2D eigenvalue weighted by molar-refractivity contribution is 5.94. The van der Waals surface area contributed by atoms with E-state index in [0.29, 0.717) is 12.1 Å². The first-order valence-electron chi connectivity index (χ1n) is 8.72. The molecular formula is C21H23N3O. The molecule has 0 saturated carbocycles. The molecule has 0 aliphatic rings. The van der Waals surface area contributed by atoms with Crippen molar-refractivity contribution in [2.45, 2.75) is 32.7 Å². The number of nitrogens with zero attached hydrogens (tertiary/aromatic N) is 2. The van der Waals surface area contributed by atoms with E-state index in [1.54, 1.807) is 6.20 Å². The number of aryl methyl sites for hydroxylation is 1. The maximum absolute atomic E-state index is 12.3. The summed E-state index contributed by atoms with van der Waals surface area (Å²) < 4.78 is 1.81. The van der Waals surface area contributed by atoms with Crippen LogP contribution < -0.4 is 5.32 Å². The third-order valence-electron chi connectivity index (χ3n) is 4.15. The van der Waals surface area contributed by atoms with Crippen LogP contribution in [-0.2, 0) is 13.0 Å². The lowest BCUT2D eigenvalue weighted by molar-refractivity contribution is 0.0951. The topological polar surface area (TPSA) is 46.9 Å². The summed E-state index contributed by atoms with van der Waals surface area (Å²) in [4.78, 5) is 12.3. The number of carbonyl (C=O) groups excluding carboxylic acids is 1. The van der Waals surface area contributed by atoms with Crippen LogP contribution in [0.15, 0.2) is 67.0 Å². The number of amides is 1. The van der Waals surface area contributed by atoms with Gasteiger partial charge in [-0.1, -0.05) is 43.7 Å². The predicted molar refractivity (Wildman–Crippen MR) is 99.8 cm³/mol. The molecule has 1 amide bonds. The Morgan fingerprint density at radius 1 is 1.04 bits per heavy atom. The van der Waals surface area contributed by atoms with Gasteiger partial charge < -0.3 is 5.32 Å². The van der Waals surface area contributed by atoms with Gasteiger partial charge in [0.05, 0.1) is 11.9 Å². The molecule has 1 heterocycles. The van der Waals surface area contributed by atoms with Gasteiger partial charge >= 0.3 is 0 Å². The molecule has 0 bridgehead atoms. The Morgan fingerprint density at radius 2 is 1.80 bits per heavy atom. The summed E-state index contributed by atoms with van der Waals surface area (Å²) in [5.74, 6) is -0.0606. The lowest BCUT2D eigenvalue weighted by atomic mass is 10.1. The van der Waals surface area contributed by atoms with Gasteiger partial charge in [0.1, 0.15) is 0 Å². The Balaban J connectivity index is 1.56. The molecule has 1 aromatic heterocycles. The van der Waals surface area contributed by atoms with Crippen molar-refractivity contribution in [1.29, 1.82) is 0 Å². The highest BCUT2D eigenvalue weighted by Crippen LogP contribution is 2.10. The van der Waals surface area contributed by atoms with Crippen molar-refractivity contribution in [3.05, 3.63) is 83.7 Å². The van der Waals surface area contributed by atoms with Crippen LogP contribution in [0.5, 0.6) is 0 Å². The average Bonchev–Trinajstić information content (AvgIpc) is 3.14. The number of carbonyl (C=O) groups is 1. The molecule has 128 valence electrons. The molecule has 0 fully saturated rings. The van der Waals surface area contributed by atoms with Gasteiger partial charge in [-0.05, 0) is 42.7 Å². The summed E-state index contributed by atoms with van der Waals surface area (Å²) in [6.45, 7) is 2.64. The third kappa shape index (κ3) is 4.57. The molecule has 0 atom stereocenters. The van der Waals surface area contributed by atoms with Crippen molar-refractivity contribution in [3.8, 4) is 5.69 Å². The normalized spacial score (nSPS) is 10.6. The van der Waals surface area contributed by atoms with Gasteiger partial charge in [-0.15, -0.1) is 0 Å². The van der Waals surface area contributed by atoms with Gasteiger partial charge in [-0.2, -0.15) is 5.10 Å². The zero-order valence-electron chi connectivity index (χ0n) is 14.5. The van der Waals surface area contributed by atoms with E-state index in [-0.39, 0.29) is 5.91 Å².